The molecule has 1 rings (SSSR count). The monoisotopic (exact) mass is 216 g/mol. The van der Waals surface area contributed by atoms with Crippen LogP contribution in [-0.2, 0) is 4.79 Å². The molecule has 0 aromatic heterocycles. The average Bonchev–Trinajstić information content (AvgIpc) is 2.29. The summed E-state index contributed by atoms with van der Waals surface area (Å²) in [6.45, 7) is 1.74. The van der Waals surface area contributed by atoms with E-state index in [-0.39, 0.29) is 5.91 Å². The Labute approximate surface area is 91.4 Å². The molecule has 1 atom stereocenters. The average molecular weight is 216 g/mol. The van der Waals surface area contributed by atoms with Crippen LogP contribution in [-0.4, -0.2) is 35.7 Å². The first-order valence-corrected chi connectivity index (χ1v) is 6.01. The summed E-state index contributed by atoms with van der Waals surface area (Å²) in [6.07, 6.45) is 5.38. The van der Waals surface area contributed by atoms with Crippen LogP contribution >= 0.6 is 12.6 Å². The second-order valence-electron chi connectivity index (χ2n) is 3.94. The first-order chi connectivity index (χ1) is 6.74. The van der Waals surface area contributed by atoms with E-state index in [9.17, 15) is 4.79 Å². The van der Waals surface area contributed by atoms with Crippen molar-refractivity contribution in [2.75, 3.05) is 18.8 Å². The molecule has 1 unspecified atom stereocenters. The van der Waals surface area contributed by atoms with E-state index in [1.165, 1.54) is 0 Å². The Bertz CT molecular complexity index is 187. The molecule has 0 saturated carbocycles. The highest BCUT2D eigenvalue weighted by atomic mass is 32.1. The number of carbonyl (C=O) groups excluding carboxylic acids is 1. The van der Waals surface area contributed by atoms with Crippen molar-refractivity contribution in [3.05, 3.63) is 0 Å². The van der Waals surface area contributed by atoms with Gasteiger partial charge in [0, 0.05) is 19.1 Å². The molecule has 14 heavy (non-hydrogen) atoms. The number of hydrogen-bond donors (Lipinski definition) is 2. The van der Waals surface area contributed by atoms with Crippen LogP contribution in [0.5, 0.6) is 0 Å². The van der Waals surface area contributed by atoms with Crippen LogP contribution in [0.25, 0.3) is 0 Å². The molecule has 0 radical (unpaired) electrons. The molecule has 82 valence electrons. The Morgan fingerprint density at radius 2 is 1.93 bits per heavy atom. The van der Waals surface area contributed by atoms with Crippen LogP contribution in [0, 0.1) is 0 Å². The maximum absolute atomic E-state index is 11.4. The van der Waals surface area contributed by atoms with Gasteiger partial charge in [-0.25, -0.2) is 0 Å². The lowest BCUT2D eigenvalue weighted by molar-refractivity contribution is -0.128. The summed E-state index contributed by atoms with van der Waals surface area (Å²) in [5.74, 6) is 0.482. The Hall–Kier alpha value is -0.220. The number of carbonyl (C=O) groups is 1. The molecule has 0 aromatic rings. The number of rotatable bonds is 1. The van der Waals surface area contributed by atoms with Gasteiger partial charge in [0.05, 0.1) is 5.75 Å². The number of nitrogens with two attached hydrogens (primary N) is 1. The summed E-state index contributed by atoms with van der Waals surface area (Å²) < 4.78 is 0. The molecule has 0 aliphatic carbocycles. The van der Waals surface area contributed by atoms with Crippen LogP contribution in [0.3, 0.4) is 0 Å². The smallest absolute Gasteiger partial charge is 0.232 e. The van der Waals surface area contributed by atoms with Gasteiger partial charge in [-0.2, -0.15) is 12.6 Å². The first kappa shape index (κ1) is 11.9. The summed E-state index contributed by atoms with van der Waals surface area (Å²) in [7, 11) is 0. The van der Waals surface area contributed by atoms with Crippen molar-refractivity contribution in [3.8, 4) is 0 Å². The highest BCUT2D eigenvalue weighted by molar-refractivity contribution is 7.81. The zero-order valence-corrected chi connectivity index (χ0v) is 9.51. The number of thiol groups is 1. The van der Waals surface area contributed by atoms with Gasteiger partial charge in [-0.3, -0.25) is 4.79 Å². The second kappa shape index (κ2) is 6.30. The van der Waals surface area contributed by atoms with Crippen LogP contribution in [0.1, 0.15) is 32.1 Å². The van der Waals surface area contributed by atoms with Gasteiger partial charge in [-0.15, -0.1) is 0 Å². The topological polar surface area (TPSA) is 46.3 Å². The first-order valence-electron chi connectivity index (χ1n) is 5.38. The van der Waals surface area contributed by atoms with Gasteiger partial charge < -0.3 is 10.6 Å². The van der Waals surface area contributed by atoms with E-state index in [1.54, 1.807) is 0 Å². The molecule has 0 spiro atoms. The molecule has 2 N–H and O–H groups in total. The van der Waals surface area contributed by atoms with Gasteiger partial charge in [0.2, 0.25) is 5.91 Å². The Morgan fingerprint density at radius 1 is 1.29 bits per heavy atom. The Morgan fingerprint density at radius 3 is 2.64 bits per heavy atom. The van der Waals surface area contributed by atoms with Gasteiger partial charge in [-0.05, 0) is 25.7 Å². The fraction of sp³-hybridized carbons (Fsp3) is 0.900. The fourth-order valence-electron chi connectivity index (χ4n) is 1.86. The van der Waals surface area contributed by atoms with Crippen LogP contribution < -0.4 is 5.73 Å². The predicted octanol–water partition coefficient (Wildman–Crippen LogP) is 1.04. The van der Waals surface area contributed by atoms with Crippen LogP contribution in [0.2, 0.25) is 0 Å². The van der Waals surface area contributed by atoms with Crippen molar-refractivity contribution in [1.82, 2.24) is 4.90 Å². The van der Waals surface area contributed by atoms with Crippen molar-refractivity contribution in [2.45, 2.75) is 38.1 Å². The number of nitrogens with zero attached hydrogens (tertiary/aromatic N) is 1. The van der Waals surface area contributed by atoms with Crippen LogP contribution in [0.15, 0.2) is 0 Å². The SMILES string of the molecule is NC1CCCCN(C(=O)CS)CCC1. The maximum Gasteiger partial charge on any atom is 0.232 e. The lowest BCUT2D eigenvalue weighted by Gasteiger charge is -2.20. The molecular formula is C10H20N2OS. The van der Waals surface area contributed by atoms with Crippen molar-refractivity contribution in [2.24, 2.45) is 5.73 Å². The van der Waals surface area contributed by atoms with Crippen molar-refractivity contribution >= 4 is 18.5 Å². The Balaban J connectivity index is 2.40. The fourth-order valence-corrected chi connectivity index (χ4v) is 2.06. The molecule has 3 nitrogen and oxygen atoms in total. The van der Waals surface area contributed by atoms with E-state index in [1.807, 2.05) is 4.90 Å². The zero-order valence-electron chi connectivity index (χ0n) is 8.61. The molecule has 1 aliphatic heterocycles. The molecule has 1 heterocycles. The highest BCUT2D eigenvalue weighted by Gasteiger charge is 2.14. The highest BCUT2D eigenvalue weighted by Crippen LogP contribution is 2.10. The summed E-state index contributed by atoms with van der Waals surface area (Å²) >= 11 is 4.02. The van der Waals surface area contributed by atoms with Crippen LogP contribution in [0.4, 0.5) is 0 Å². The maximum atomic E-state index is 11.4. The summed E-state index contributed by atoms with van der Waals surface area (Å²) in [4.78, 5) is 13.4. The van der Waals surface area contributed by atoms with E-state index in [4.69, 9.17) is 5.73 Å². The minimum Gasteiger partial charge on any atom is -0.342 e. The third-order valence-electron chi connectivity index (χ3n) is 2.74. The molecule has 1 saturated heterocycles. The predicted molar refractivity (Wildman–Crippen MR) is 61.5 cm³/mol. The lowest BCUT2D eigenvalue weighted by Crippen LogP contribution is -2.33. The molecule has 1 amide bonds. The standard InChI is InChI=1S/C10H20N2OS/c11-9-4-1-2-6-12(7-3-5-9)10(13)8-14/h9,14H,1-8,11H2. The molecule has 0 aromatic carbocycles. The van der Waals surface area contributed by atoms with E-state index >= 15 is 0 Å². The molecule has 0 bridgehead atoms. The minimum absolute atomic E-state index is 0.156. The van der Waals surface area contributed by atoms with E-state index in [0.717, 1.165) is 45.2 Å². The number of amides is 1. The third kappa shape index (κ3) is 3.88. The van der Waals surface area contributed by atoms with Crippen molar-refractivity contribution in [3.63, 3.8) is 0 Å². The van der Waals surface area contributed by atoms with Gasteiger partial charge >= 0.3 is 0 Å². The van der Waals surface area contributed by atoms with Gasteiger partial charge in [-0.1, -0.05) is 6.42 Å². The normalized spacial score (nSPS) is 25.0. The summed E-state index contributed by atoms with van der Waals surface area (Å²) in [5, 5.41) is 0. The molecule has 1 fully saturated rings. The van der Waals surface area contributed by atoms with Gasteiger partial charge in [0.1, 0.15) is 0 Å². The van der Waals surface area contributed by atoms with E-state index < -0.39 is 0 Å². The van der Waals surface area contributed by atoms with E-state index in [0.29, 0.717) is 11.8 Å². The van der Waals surface area contributed by atoms with Gasteiger partial charge in [0.15, 0.2) is 0 Å². The summed E-state index contributed by atoms with van der Waals surface area (Å²) in [6, 6.07) is 0.334. The number of hydrogen-bond acceptors (Lipinski definition) is 3. The molecule has 1 aliphatic rings. The largest absolute Gasteiger partial charge is 0.342 e. The quantitative estimate of drug-likeness (QED) is 0.643. The molecule has 4 heteroatoms. The van der Waals surface area contributed by atoms with E-state index in [2.05, 4.69) is 12.6 Å². The zero-order chi connectivity index (χ0) is 10.4. The third-order valence-corrected chi connectivity index (χ3v) is 3.01. The van der Waals surface area contributed by atoms with Gasteiger partial charge in [0.25, 0.3) is 0 Å². The summed E-state index contributed by atoms with van der Waals surface area (Å²) in [5.41, 5.74) is 5.91. The minimum atomic E-state index is 0.156. The second-order valence-corrected chi connectivity index (χ2v) is 4.25. The lowest BCUT2D eigenvalue weighted by atomic mass is 10.1. The van der Waals surface area contributed by atoms with Crippen molar-refractivity contribution in [1.29, 1.82) is 0 Å². The molecular weight excluding hydrogens is 196 g/mol. The Kier molecular flexibility index (Phi) is 5.33. The van der Waals surface area contributed by atoms with Crippen molar-refractivity contribution < 1.29 is 4.79 Å².